The average Bonchev–Trinajstić information content (AvgIpc) is 3.40. The Morgan fingerprint density at radius 1 is 1.08 bits per heavy atom. The van der Waals surface area contributed by atoms with Crippen LogP contribution in [0.5, 0.6) is 0 Å². The lowest BCUT2D eigenvalue weighted by Crippen LogP contribution is -2.40. The molecule has 2 atom stereocenters. The molecule has 14 heteroatoms. The first kappa shape index (κ1) is 28.0. The number of benzene rings is 2. The van der Waals surface area contributed by atoms with Crippen LogP contribution in [0, 0.1) is 13.8 Å². The van der Waals surface area contributed by atoms with E-state index in [9.17, 15) is 35.2 Å². The number of hydrogen-bond acceptors (Lipinski definition) is 4. The molecule has 0 aliphatic carbocycles. The Kier molecular flexibility index (Phi) is 7.56. The van der Waals surface area contributed by atoms with E-state index in [1.54, 1.807) is 30.3 Å². The van der Waals surface area contributed by atoms with Gasteiger partial charge < -0.3 is 5.32 Å². The SMILES string of the molecule is Cc1nn(C(F)F)c(C)c1S(=O)(=O)N1CC(NC(=O)c2cccc(C(F)(F)F)c2Cl)C(c2ccccc2)C1. The number of amides is 1. The topological polar surface area (TPSA) is 84.3 Å². The van der Waals surface area contributed by atoms with Gasteiger partial charge in [-0.3, -0.25) is 4.79 Å². The van der Waals surface area contributed by atoms with E-state index in [-0.39, 0.29) is 29.4 Å². The van der Waals surface area contributed by atoms with Gasteiger partial charge in [-0.25, -0.2) is 13.1 Å². The van der Waals surface area contributed by atoms with Crippen molar-refractivity contribution in [2.75, 3.05) is 13.1 Å². The predicted molar refractivity (Wildman–Crippen MR) is 129 cm³/mol. The van der Waals surface area contributed by atoms with Crippen LogP contribution in [0.4, 0.5) is 22.0 Å². The maximum Gasteiger partial charge on any atom is 0.417 e. The highest BCUT2D eigenvalue weighted by Gasteiger charge is 2.43. The van der Waals surface area contributed by atoms with Crippen LogP contribution < -0.4 is 5.32 Å². The van der Waals surface area contributed by atoms with Gasteiger partial charge in [-0.1, -0.05) is 48.0 Å². The van der Waals surface area contributed by atoms with Gasteiger partial charge in [0, 0.05) is 19.0 Å². The molecular formula is C24H22ClF5N4O3S. The maximum atomic E-state index is 13.6. The quantitative estimate of drug-likeness (QED) is 0.411. The van der Waals surface area contributed by atoms with Crippen LogP contribution in [-0.4, -0.2) is 47.5 Å². The zero-order valence-corrected chi connectivity index (χ0v) is 21.6. The van der Waals surface area contributed by atoms with Gasteiger partial charge in [0.05, 0.1) is 33.6 Å². The van der Waals surface area contributed by atoms with E-state index >= 15 is 0 Å². The molecular weight excluding hydrogens is 555 g/mol. The van der Waals surface area contributed by atoms with Crippen LogP contribution in [-0.2, 0) is 16.2 Å². The number of nitrogens with zero attached hydrogens (tertiary/aromatic N) is 3. The molecule has 0 bridgehead atoms. The Hall–Kier alpha value is -3.03. The highest BCUT2D eigenvalue weighted by Crippen LogP contribution is 2.37. The fourth-order valence-corrected chi connectivity index (χ4v) is 6.83. The summed E-state index contributed by atoms with van der Waals surface area (Å²) in [6.07, 6.45) is -4.78. The Morgan fingerprint density at radius 2 is 1.74 bits per heavy atom. The van der Waals surface area contributed by atoms with E-state index in [0.29, 0.717) is 10.2 Å². The Balaban J connectivity index is 1.69. The van der Waals surface area contributed by atoms with Gasteiger partial charge in [-0.15, -0.1) is 0 Å². The molecule has 1 fully saturated rings. The number of alkyl halides is 5. The van der Waals surface area contributed by atoms with Gasteiger partial charge >= 0.3 is 12.7 Å². The summed E-state index contributed by atoms with van der Waals surface area (Å²) in [6, 6.07) is 10.7. The number of aryl methyl sites for hydroxylation is 1. The van der Waals surface area contributed by atoms with E-state index in [2.05, 4.69) is 10.4 Å². The van der Waals surface area contributed by atoms with E-state index in [1.165, 1.54) is 13.8 Å². The second-order valence-corrected chi connectivity index (χ2v) is 11.1. The number of rotatable bonds is 6. The van der Waals surface area contributed by atoms with Crippen molar-refractivity contribution in [1.82, 2.24) is 19.4 Å². The molecule has 2 unspecified atom stereocenters. The average molecular weight is 577 g/mol. The van der Waals surface area contributed by atoms with Gasteiger partial charge in [0.2, 0.25) is 10.0 Å². The van der Waals surface area contributed by atoms with Crippen LogP contribution >= 0.6 is 11.6 Å². The van der Waals surface area contributed by atoms with Crippen LogP contribution in [0.2, 0.25) is 5.02 Å². The minimum absolute atomic E-state index is 0.109. The first-order chi connectivity index (χ1) is 17.7. The fraction of sp³-hybridized carbons (Fsp3) is 0.333. The minimum atomic E-state index is -4.78. The van der Waals surface area contributed by atoms with Gasteiger partial charge in [0.1, 0.15) is 4.90 Å². The van der Waals surface area contributed by atoms with E-state index in [0.717, 1.165) is 22.5 Å². The monoisotopic (exact) mass is 576 g/mol. The summed E-state index contributed by atoms with van der Waals surface area (Å²) < 4.78 is 95.1. The Labute approximate surface area is 220 Å². The molecule has 1 aliphatic heterocycles. The number of carbonyl (C=O) groups excluding carboxylic acids is 1. The molecule has 1 amide bonds. The zero-order chi connectivity index (χ0) is 28.0. The third-order valence-electron chi connectivity index (χ3n) is 6.42. The highest BCUT2D eigenvalue weighted by atomic mass is 35.5. The summed E-state index contributed by atoms with van der Waals surface area (Å²) in [4.78, 5) is 12.7. The van der Waals surface area contributed by atoms with E-state index in [1.807, 2.05) is 0 Å². The second kappa shape index (κ2) is 10.3. The van der Waals surface area contributed by atoms with Crippen molar-refractivity contribution in [2.45, 2.75) is 43.4 Å². The van der Waals surface area contributed by atoms with Crippen LogP contribution in [0.3, 0.4) is 0 Å². The van der Waals surface area contributed by atoms with Crippen LogP contribution in [0.1, 0.15) is 45.3 Å². The number of aromatic nitrogens is 2. The number of carbonyl (C=O) groups is 1. The summed E-state index contributed by atoms with van der Waals surface area (Å²) in [5.41, 5.74) is -1.27. The van der Waals surface area contributed by atoms with Gasteiger partial charge in [-0.2, -0.15) is 31.4 Å². The summed E-state index contributed by atoms with van der Waals surface area (Å²) in [6.45, 7) is -0.899. The van der Waals surface area contributed by atoms with Crippen molar-refractivity contribution in [3.8, 4) is 0 Å². The van der Waals surface area contributed by atoms with Crippen molar-refractivity contribution in [2.24, 2.45) is 0 Å². The van der Waals surface area contributed by atoms with Crippen molar-refractivity contribution in [1.29, 1.82) is 0 Å². The third-order valence-corrected chi connectivity index (χ3v) is 8.91. The molecule has 0 spiro atoms. The zero-order valence-electron chi connectivity index (χ0n) is 20.0. The molecule has 1 aliphatic rings. The standard InChI is InChI=1S/C24H22ClF5N4O3S/c1-13-21(14(2)34(32-13)23(26)27)38(36,37)33-11-17(15-7-4-3-5-8-15)19(12-33)31-22(35)16-9-6-10-18(20(16)25)24(28,29)30/h3-10,17,19,23H,11-12H2,1-2H3,(H,31,35). The lowest BCUT2D eigenvalue weighted by Gasteiger charge is -2.21. The van der Waals surface area contributed by atoms with Crippen molar-refractivity contribution < 1.29 is 35.2 Å². The number of sulfonamides is 1. The molecule has 4 rings (SSSR count). The predicted octanol–water partition coefficient (Wildman–Crippen LogP) is 5.15. The number of nitrogens with one attached hydrogen (secondary N) is 1. The van der Waals surface area contributed by atoms with Gasteiger partial charge in [0.15, 0.2) is 0 Å². The molecule has 0 saturated carbocycles. The van der Waals surface area contributed by atoms with Crippen LogP contribution in [0.25, 0.3) is 0 Å². The normalized spacial score (nSPS) is 18.8. The van der Waals surface area contributed by atoms with E-state index in [4.69, 9.17) is 11.6 Å². The van der Waals surface area contributed by atoms with Crippen LogP contribution in [0.15, 0.2) is 53.4 Å². The summed E-state index contributed by atoms with van der Waals surface area (Å²) in [5, 5.41) is 5.51. The first-order valence-electron chi connectivity index (χ1n) is 11.3. The Bertz CT molecular complexity index is 1460. The number of halogens is 6. The van der Waals surface area contributed by atoms with Crippen molar-refractivity contribution >= 4 is 27.5 Å². The highest BCUT2D eigenvalue weighted by molar-refractivity contribution is 7.89. The molecule has 2 aromatic carbocycles. The third kappa shape index (κ3) is 5.14. The summed E-state index contributed by atoms with van der Waals surface area (Å²) in [7, 11) is -4.33. The van der Waals surface area contributed by atoms with Gasteiger partial charge in [-0.05, 0) is 31.5 Å². The fourth-order valence-electron chi connectivity index (χ4n) is 4.66. The lowest BCUT2D eigenvalue weighted by atomic mass is 9.94. The molecule has 1 saturated heterocycles. The summed E-state index contributed by atoms with van der Waals surface area (Å²) >= 11 is 5.91. The van der Waals surface area contributed by atoms with Crippen molar-refractivity contribution in [3.63, 3.8) is 0 Å². The molecule has 2 heterocycles. The smallest absolute Gasteiger partial charge is 0.347 e. The molecule has 38 heavy (non-hydrogen) atoms. The summed E-state index contributed by atoms with van der Waals surface area (Å²) in [5.74, 6) is -1.51. The molecule has 3 aromatic rings. The second-order valence-electron chi connectivity index (χ2n) is 8.81. The minimum Gasteiger partial charge on any atom is -0.347 e. The first-order valence-corrected chi connectivity index (χ1v) is 13.1. The van der Waals surface area contributed by atoms with E-state index < -0.39 is 56.8 Å². The number of hydrogen-bond donors (Lipinski definition) is 1. The largest absolute Gasteiger partial charge is 0.417 e. The molecule has 7 nitrogen and oxygen atoms in total. The lowest BCUT2D eigenvalue weighted by molar-refractivity contribution is -0.137. The maximum absolute atomic E-state index is 13.6. The molecule has 1 N–H and O–H groups in total. The van der Waals surface area contributed by atoms with Crippen molar-refractivity contribution in [3.05, 3.63) is 81.6 Å². The molecule has 204 valence electrons. The molecule has 1 aromatic heterocycles. The van der Waals surface area contributed by atoms with Gasteiger partial charge in [0.25, 0.3) is 5.91 Å². The molecule has 0 radical (unpaired) electrons. The Morgan fingerprint density at radius 3 is 2.32 bits per heavy atom.